The zero-order chi connectivity index (χ0) is 10.5. The van der Waals surface area contributed by atoms with Crippen molar-refractivity contribution in [2.45, 2.75) is 59.9 Å². The monoisotopic (exact) mass is 185 g/mol. The second-order valence-corrected chi connectivity index (χ2v) is 5.63. The molecule has 0 aliphatic rings. The van der Waals surface area contributed by atoms with E-state index < -0.39 is 0 Å². The maximum atomic E-state index is 3.29. The van der Waals surface area contributed by atoms with E-state index in [2.05, 4.69) is 39.9 Å². The molecule has 1 N–H and O–H groups in total. The Morgan fingerprint density at radius 2 is 1.69 bits per heavy atom. The van der Waals surface area contributed by atoms with Gasteiger partial charge in [0.25, 0.3) is 0 Å². The third-order valence-electron chi connectivity index (χ3n) is 2.64. The molecule has 0 amide bonds. The Labute approximate surface area is 84.3 Å². The van der Waals surface area contributed by atoms with E-state index in [9.17, 15) is 0 Å². The smallest absolute Gasteiger partial charge is 0.00382 e. The van der Waals surface area contributed by atoms with Crippen LogP contribution in [0, 0.1) is 11.3 Å². The van der Waals surface area contributed by atoms with Crippen molar-refractivity contribution < 1.29 is 0 Å². The molecule has 0 heterocycles. The van der Waals surface area contributed by atoms with Gasteiger partial charge in [-0.25, -0.2) is 0 Å². The van der Waals surface area contributed by atoms with Crippen LogP contribution in [0.4, 0.5) is 0 Å². The summed E-state index contributed by atoms with van der Waals surface area (Å²) >= 11 is 0. The summed E-state index contributed by atoms with van der Waals surface area (Å²) in [6.45, 7) is 11.6. The van der Waals surface area contributed by atoms with E-state index in [0.29, 0.717) is 11.5 Å². The molecule has 1 nitrogen and oxygen atoms in total. The molecule has 2 atom stereocenters. The molecule has 0 spiro atoms. The van der Waals surface area contributed by atoms with Crippen LogP contribution < -0.4 is 5.32 Å². The van der Waals surface area contributed by atoms with Gasteiger partial charge in [-0.3, -0.25) is 0 Å². The molecular weight excluding hydrogens is 158 g/mol. The molecule has 0 fully saturated rings. The van der Waals surface area contributed by atoms with E-state index in [1.807, 2.05) is 7.05 Å². The molecule has 13 heavy (non-hydrogen) atoms. The highest BCUT2D eigenvalue weighted by molar-refractivity contribution is 4.67. The van der Waals surface area contributed by atoms with Gasteiger partial charge in [-0.15, -0.1) is 0 Å². The van der Waals surface area contributed by atoms with E-state index in [1.165, 1.54) is 19.3 Å². The molecule has 80 valence electrons. The Morgan fingerprint density at radius 3 is 2.08 bits per heavy atom. The zero-order valence-electron chi connectivity index (χ0n) is 10.3. The van der Waals surface area contributed by atoms with Crippen molar-refractivity contribution in [2.24, 2.45) is 11.3 Å². The lowest BCUT2D eigenvalue weighted by Crippen LogP contribution is -2.24. The maximum absolute atomic E-state index is 3.29. The zero-order valence-corrected chi connectivity index (χ0v) is 10.3. The molecule has 0 rings (SSSR count). The lowest BCUT2D eigenvalue weighted by molar-refractivity contribution is 0.311. The second kappa shape index (κ2) is 5.64. The minimum absolute atomic E-state index is 0.497. The van der Waals surface area contributed by atoms with Gasteiger partial charge in [0.2, 0.25) is 0 Å². The Morgan fingerprint density at radius 1 is 1.15 bits per heavy atom. The first-order valence-corrected chi connectivity index (χ1v) is 5.52. The molecule has 0 aliphatic heterocycles. The number of nitrogens with one attached hydrogen (secondary N) is 1. The fraction of sp³-hybridized carbons (Fsp3) is 1.00. The molecule has 2 unspecified atom stereocenters. The summed E-state index contributed by atoms with van der Waals surface area (Å²) in [5.74, 6) is 0.849. The highest BCUT2D eigenvalue weighted by atomic mass is 14.8. The molecule has 0 aromatic heterocycles. The predicted molar refractivity (Wildman–Crippen MR) is 61.0 cm³/mol. The van der Waals surface area contributed by atoms with Crippen LogP contribution in [0.5, 0.6) is 0 Å². The normalized spacial score (nSPS) is 17.1. The standard InChI is InChI=1S/C12H27N/c1-10(9-11(2)13-6)7-8-12(3,4)5/h10-11,13H,7-9H2,1-6H3. The van der Waals surface area contributed by atoms with Crippen LogP contribution in [0.3, 0.4) is 0 Å². The molecule has 0 radical (unpaired) electrons. The molecule has 0 aliphatic carbocycles. The van der Waals surface area contributed by atoms with Gasteiger partial charge in [-0.2, -0.15) is 0 Å². The molecule has 0 saturated heterocycles. The summed E-state index contributed by atoms with van der Waals surface area (Å²) in [6, 6.07) is 0.662. The molecule has 0 bridgehead atoms. The van der Waals surface area contributed by atoms with Gasteiger partial charge < -0.3 is 5.32 Å². The summed E-state index contributed by atoms with van der Waals surface area (Å²) in [4.78, 5) is 0. The van der Waals surface area contributed by atoms with Gasteiger partial charge in [0, 0.05) is 6.04 Å². The average molecular weight is 185 g/mol. The Hall–Kier alpha value is -0.0400. The largest absolute Gasteiger partial charge is 0.317 e. The summed E-state index contributed by atoms with van der Waals surface area (Å²) < 4.78 is 0. The highest BCUT2D eigenvalue weighted by Gasteiger charge is 2.13. The SMILES string of the molecule is CNC(C)CC(C)CCC(C)(C)C. The highest BCUT2D eigenvalue weighted by Crippen LogP contribution is 2.25. The predicted octanol–water partition coefficient (Wildman–Crippen LogP) is 3.45. The van der Waals surface area contributed by atoms with Crippen molar-refractivity contribution in [1.29, 1.82) is 0 Å². The van der Waals surface area contributed by atoms with Crippen LogP contribution in [0.1, 0.15) is 53.9 Å². The van der Waals surface area contributed by atoms with E-state index in [0.717, 1.165) is 5.92 Å². The van der Waals surface area contributed by atoms with E-state index in [-0.39, 0.29) is 0 Å². The van der Waals surface area contributed by atoms with Crippen LogP contribution >= 0.6 is 0 Å². The van der Waals surface area contributed by atoms with Crippen molar-refractivity contribution in [3.05, 3.63) is 0 Å². The molecule has 0 aromatic rings. The minimum atomic E-state index is 0.497. The first kappa shape index (κ1) is 13.0. The quantitative estimate of drug-likeness (QED) is 0.692. The van der Waals surface area contributed by atoms with Crippen LogP contribution in [-0.2, 0) is 0 Å². The van der Waals surface area contributed by atoms with Crippen LogP contribution in [0.2, 0.25) is 0 Å². The second-order valence-electron chi connectivity index (χ2n) is 5.63. The summed E-state index contributed by atoms with van der Waals surface area (Å²) in [7, 11) is 2.04. The van der Waals surface area contributed by atoms with Gasteiger partial charge in [-0.1, -0.05) is 34.1 Å². The van der Waals surface area contributed by atoms with Crippen LogP contribution in [0.25, 0.3) is 0 Å². The Bertz CT molecular complexity index is 124. The van der Waals surface area contributed by atoms with Crippen molar-refractivity contribution in [3.8, 4) is 0 Å². The van der Waals surface area contributed by atoms with E-state index in [4.69, 9.17) is 0 Å². The number of rotatable bonds is 5. The number of hydrogen-bond donors (Lipinski definition) is 1. The Kier molecular flexibility index (Phi) is 5.62. The molecule has 1 heteroatoms. The van der Waals surface area contributed by atoms with Gasteiger partial charge >= 0.3 is 0 Å². The van der Waals surface area contributed by atoms with Crippen LogP contribution in [-0.4, -0.2) is 13.1 Å². The fourth-order valence-electron chi connectivity index (χ4n) is 1.52. The minimum Gasteiger partial charge on any atom is -0.317 e. The van der Waals surface area contributed by atoms with E-state index in [1.54, 1.807) is 0 Å². The third-order valence-corrected chi connectivity index (χ3v) is 2.64. The number of hydrogen-bond acceptors (Lipinski definition) is 1. The van der Waals surface area contributed by atoms with Gasteiger partial charge in [-0.05, 0) is 38.1 Å². The third kappa shape index (κ3) is 8.29. The van der Waals surface area contributed by atoms with Crippen molar-refractivity contribution >= 4 is 0 Å². The van der Waals surface area contributed by atoms with Crippen LogP contribution in [0.15, 0.2) is 0 Å². The summed E-state index contributed by atoms with van der Waals surface area (Å²) in [6.07, 6.45) is 3.99. The van der Waals surface area contributed by atoms with E-state index >= 15 is 0 Å². The topological polar surface area (TPSA) is 12.0 Å². The van der Waals surface area contributed by atoms with Crippen molar-refractivity contribution in [2.75, 3.05) is 7.05 Å². The molecule has 0 aromatic carbocycles. The van der Waals surface area contributed by atoms with Gasteiger partial charge in [0.05, 0.1) is 0 Å². The maximum Gasteiger partial charge on any atom is 0.00382 e. The lowest BCUT2D eigenvalue weighted by Gasteiger charge is -2.22. The van der Waals surface area contributed by atoms with Crippen molar-refractivity contribution in [1.82, 2.24) is 5.32 Å². The Balaban J connectivity index is 3.57. The lowest BCUT2D eigenvalue weighted by atomic mass is 9.85. The van der Waals surface area contributed by atoms with Gasteiger partial charge in [0.15, 0.2) is 0 Å². The fourth-order valence-corrected chi connectivity index (χ4v) is 1.52. The summed E-state index contributed by atoms with van der Waals surface area (Å²) in [5.41, 5.74) is 0.497. The molecule has 0 saturated carbocycles. The average Bonchev–Trinajstić information content (AvgIpc) is 1.99. The van der Waals surface area contributed by atoms with Crippen molar-refractivity contribution in [3.63, 3.8) is 0 Å². The summed E-state index contributed by atoms with van der Waals surface area (Å²) in [5, 5.41) is 3.29. The molecular formula is C12H27N. The van der Waals surface area contributed by atoms with Gasteiger partial charge in [0.1, 0.15) is 0 Å². The first-order chi connectivity index (χ1) is 5.85. The first-order valence-electron chi connectivity index (χ1n) is 5.52.